The van der Waals surface area contributed by atoms with E-state index in [9.17, 15) is 0 Å². The molecule has 2 heterocycles. The van der Waals surface area contributed by atoms with Crippen molar-refractivity contribution in [3.63, 3.8) is 0 Å². The molecule has 0 fully saturated rings. The lowest BCUT2D eigenvalue weighted by Crippen LogP contribution is -2.14. The van der Waals surface area contributed by atoms with Crippen LogP contribution >= 0.6 is 0 Å². The van der Waals surface area contributed by atoms with Gasteiger partial charge in [-0.05, 0) is 26.0 Å². The van der Waals surface area contributed by atoms with Gasteiger partial charge in [-0.3, -0.25) is 9.36 Å². The van der Waals surface area contributed by atoms with Crippen LogP contribution in [-0.2, 0) is 19.6 Å². The molecule has 0 spiro atoms. The summed E-state index contributed by atoms with van der Waals surface area (Å²) in [5.74, 6) is 0. The Morgan fingerprint density at radius 2 is 2.11 bits per heavy atom. The molecule has 2 aromatic heterocycles. The van der Waals surface area contributed by atoms with Crippen LogP contribution in [0.5, 0.6) is 0 Å². The number of nitrogens with zero attached hydrogens (tertiary/aromatic N) is 5. The SMILES string of the molecule is CCCNCc1cn(CCn2ccc(C)n2)nn1. The van der Waals surface area contributed by atoms with Crippen LogP contribution in [0.3, 0.4) is 0 Å². The normalized spacial score (nSPS) is 11.0. The molecule has 0 aromatic carbocycles. The van der Waals surface area contributed by atoms with Crippen LogP contribution in [0, 0.1) is 6.92 Å². The summed E-state index contributed by atoms with van der Waals surface area (Å²) in [6.07, 6.45) is 5.10. The Hall–Kier alpha value is -1.69. The van der Waals surface area contributed by atoms with Crippen molar-refractivity contribution in [2.24, 2.45) is 0 Å². The summed E-state index contributed by atoms with van der Waals surface area (Å²) in [7, 11) is 0. The first-order valence-corrected chi connectivity index (χ1v) is 6.37. The quantitative estimate of drug-likeness (QED) is 0.742. The van der Waals surface area contributed by atoms with Gasteiger partial charge in [0, 0.05) is 18.9 Å². The Labute approximate surface area is 107 Å². The van der Waals surface area contributed by atoms with E-state index in [1.54, 1.807) is 0 Å². The smallest absolute Gasteiger partial charge is 0.0964 e. The lowest BCUT2D eigenvalue weighted by molar-refractivity contribution is 0.488. The first-order chi connectivity index (χ1) is 8.78. The van der Waals surface area contributed by atoms with Gasteiger partial charge in [-0.2, -0.15) is 5.10 Å². The maximum atomic E-state index is 4.34. The summed E-state index contributed by atoms with van der Waals surface area (Å²) in [6, 6.07) is 2.00. The van der Waals surface area contributed by atoms with Crippen molar-refractivity contribution in [1.29, 1.82) is 0 Å². The van der Waals surface area contributed by atoms with Crippen molar-refractivity contribution in [3.05, 3.63) is 29.8 Å². The first-order valence-electron chi connectivity index (χ1n) is 6.37. The average Bonchev–Trinajstić information content (AvgIpc) is 2.96. The molecule has 0 bridgehead atoms. The molecule has 98 valence electrons. The molecule has 0 unspecified atom stereocenters. The predicted octanol–water partition coefficient (Wildman–Crippen LogP) is 0.983. The van der Waals surface area contributed by atoms with Crippen molar-refractivity contribution >= 4 is 0 Å². The molecule has 2 rings (SSSR count). The Kier molecular flexibility index (Phi) is 4.46. The third-order valence-corrected chi connectivity index (χ3v) is 2.65. The minimum atomic E-state index is 0.786. The molecule has 18 heavy (non-hydrogen) atoms. The second kappa shape index (κ2) is 6.30. The van der Waals surface area contributed by atoms with E-state index in [1.165, 1.54) is 0 Å². The van der Waals surface area contributed by atoms with E-state index in [1.807, 2.05) is 34.7 Å². The highest BCUT2D eigenvalue weighted by Crippen LogP contribution is 1.96. The molecule has 0 radical (unpaired) electrons. The highest BCUT2D eigenvalue weighted by Gasteiger charge is 2.01. The van der Waals surface area contributed by atoms with Crippen molar-refractivity contribution in [2.45, 2.75) is 39.9 Å². The number of hydrogen-bond acceptors (Lipinski definition) is 4. The lowest BCUT2D eigenvalue weighted by Gasteiger charge is -2.01. The van der Waals surface area contributed by atoms with Crippen molar-refractivity contribution in [3.8, 4) is 0 Å². The first kappa shape index (κ1) is 12.8. The summed E-state index contributed by atoms with van der Waals surface area (Å²) in [6.45, 7) is 7.55. The van der Waals surface area contributed by atoms with Gasteiger partial charge >= 0.3 is 0 Å². The van der Waals surface area contributed by atoms with E-state index in [0.717, 1.165) is 44.0 Å². The van der Waals surface area contributed by atoms with E-state index in [2.05, 4.69) is 27.7 Å². The minimum absolute atomic E-state index is 0.786. The van der Waals surface area contributed by atoms with Gasteiger partial charge in [-0.1, -0.05) is 12.1 Å². The monoisotopic (exact) mass is 248 g/mol. The summed E-state index contributed by atoms with van der Waals surface area (Å²) < 4.78 is 3.78. The Morgan fingerprint density at radius 1 is 1.28 bits per heavy atom. The van der Waals surface area contributed by atoms with Gasteiger partial charge in [-0.15, -0.1) is 5.10 Å². The zero-order valence-electron chi connectivity index (χ0n) is 11.0. The van der Waals surface area contributed by atoms with Gasteiger partial charge in [0.15, 0.2) is 0 Å². The number of rotatable bonds is 7. The molecule has 2 aromatic rings. The predicted molar refractivity (Wildman–Crippen MR) is 69.0 cm³/mol. The molecule has 6 nitrogen and oxygen atoms in total. The second-order valence-corrected chi connectivity index (χ2v) is 4.37. The fraction of sp³-hybridized carbons (Fsp3) is 0.583. The second-order valence-electron chi connectivity index (χ2n) is 4.37. The maximum absolute atomic E-state index is 4.34. The van der Waals surface area contributed by atoms with Crippen LogP contribution in [0.2, 0.25) is 0 Å². The fourth-order valence-corrected chi connectivity index (χ4v) is 1.71. The Balaban J connectivity index is 1.79. The average molecular weight is 248 g/mol. The number of aryl methyl sites for hydroxylation is 3. The summed E-state index contributed by atoms with van der Waals surface area (Å²) in [5, 5.41) is 15.9. The van der Waals surface area contributed by atoms with Gasteiger partial charge in [0.1, 0.15) is 0 Å². The standard InChI is InChI=1S/C12H20N6/c1-3-5-13-9-12-10-18(16-14-12)8-7-17-6-4-11(2)15-17/h4,6,10,13H,3,5,7-9H2,1-2H3. The Bertz CT molecular complexity index is 472. The minimum Gasteiger partial charge on any atom is -0.311 e. The highest BCUT2D eigenvalue weighted by atomic mass is 15.4. The number of hydrogen-bond donors (Lipinski definition) is 1. The van der Waals surface area contributed by atoms with Gasteiger partial charge in [0.05, 0.1) is 24.5 Å². The van der Waals surface area contributed by atoms with Crippen molar-refractivity contribution < 1.29 is 0 Å². The topological polar surface area (TPSA) is 60.6 Å². The van der Waals surface area contributed by atoms with Crippen LogP contribution in [0.1, 0.15) is 24.7 Å². The molecule has 1 N–H and O–H groups in total. The summed E-state index contributed by atoms with van der Waals surface area (Å²) in [5.41, 5.74) is 2.03. The van der Waals surface area contributed by atoms with E-state index in [-0.39, 0.29) is 0 Å². The van der Waals surface area contributed by atoms with Crippen molar-refractivity contribution in [2.75, 3.05) is 6.54 Å². The van der Waals surface area contributed by atoms with Gasteiger partial charge < -0.3 is 5.32 Å². The third kappa shape index (κ3) is 3.66. The fourth-order valence-electron chi connectivity index (χ4n) is 1.71. The Morgan fingerprint density at radius 3 is 2.83 bits per heavy atom. The summed E-state index contributed by atoms with van der Waals surface area (Å²) in [4.78, 5) is 0. The third-order valence-electron chi connectivity index (χ3n) is 2.65. The maximum Gasteiger partial charge on any atom is 0.0964 e. The van der Waals surface area contributed by atoms with Crippen LogP contribution in [0.25, 0.3) is 0 Å². The van der Waals surface area contributed by atoms with Crippen molar-refractivity contribution in [1.82, 2.24) is 30.1 Å². The molecule has 0 aliphatic heterocycles. The molecule has 0 saturated heterocycles. The van der Waals surface area contributed by atoms with E-state index >= 15 is 0 Å². The van der Waals surface area contributed by atoms with E-state index < -0.39 is 0 Å². The molecule has 0 aliphatic carbocycles. The zero-order valence-corrected chi connectivity index (χ0v) is 11.0. The van der Waals surface area contributed by atoms with Crippen LogP contribution < -0.4 is 5.32 Å². The van der Waals surface area contributed by atoms with Gasteiger partial charge in [0.2, 0.25) is 0 Å². The molecular weight excluding hydrogens is 228 g/mol. The summed E-state index contributed by atoms with van der Waals surface area (Å²) >= 11 is 0. The van der Waals surface area contributed by atoms with Crippen LogP contribution in [-0.4, -0.2) is 31.3 Å². The zero-order chi connectivity index (χ0) is 12.8. The van der Waals surface area contributed by atoms with E-state index in [0.29, 0.717) is 0 Å². The van der Waals surface area contributed by atoms with Crippen LogP contribution in [0.15, 0.2) is 18.5 Å². The molecule has 0 atom stereocenters. The van der Waals surface area contributed by atoms with Gasteiger partial charge in [0.25, 0.3) is 0 Å². The number of aromatic nitrogens is 5. The van der Waals surface area contributed by atoms with Crippen LogP contribution in [0.4, 0.5) is 0 Å². The highest BCUT2D eigenvalue weighted by molar-refractivity contribution is 4.95. The molecule has 0 aliphatic rings. The largest absolute Gasteiger partial charge is 0.311 e. The number of nitrogens with one attached hydrogen (secondary N) is 1. The molecule has 0 amide bonds. The molecular formula is C12H20N6. The lowest BCUT2D eigenvalue weighted by atomic mass is 10.4. The molecule has 0 saturated carbocycles. The van der Waals surface area contributed by atoms with Gasteiger partial charge in [-0.25, -0.2) is 0 Å². The molecule has 6 heteroatoms. The van der Waals surface area contributed by atoms with E-state index in [4.69, 9.17) is 0 Å².